The molecule has 0 N–H and O–H groups in total. The Morgan fingerprint density at radius 3 is 2.63 bits per heavy atom. The van der Waals surface area contributed by atoms with E-state index in [-0.39, 0.29) is 5.91 Å². The smallest absolute Gasteiger partial charge is 0.270 e. The largest absolute Gasteiger partial charge is 0.497 e. The first-order chi connectivity index (χ1) is 13.1. The summed E-state index contributed by atoms with van der Waals surface area (Å²) in [6, 6.07) is 12.8. The second-order valence-corrected chi connectivity index (χ2v) is 7.24. The normalized spacial score (nSPS) is 15.4. The number of ether oxygens (including phenoxy) is 3. The van der Waals surface area contributed by atoms with Crippen LogP contribution in [-0.4, -0.2) is 31.1 Å². The zero-order valence-electron chi connectivity index (χ0n) is 15.2. The summed E-state index contributed by atoms with van der Waals surface area (Å²) >= 11 is 6.69. The third-order valence-corrected chi connectivity index (χ3v) is 5.19. The lowest BCUT2D eigenvalue weighted by Crippen LogP contribution is -2.27. The van der Waals surface area contributed by atoms with Gasteiger partial charge < -0.3 is 14.2 Å². The van der Waals surface area contributed by atoms with Gasteiger partial charge in [-0.15, -0.1) is 0 Å². The molecule has 2 aromatic carbocycles. The van der Waals surface area contributed by atoms with E-state index >= 15 is 0 Å². The van der Waals surface area contributed by atoms with Crippen LogP contribution in [0, 0.1) is 0 Å². The minimum atomic E-state index is -0.161. The highest BCUT2D eigenvalue weighted by Crippen LogP contribution is 2.38. The fourth-order valence-corrected chi connectivity index (χ4v) is 3.94. The summed E-state index contributed by atoms with van der Waals surface area (Å²) in [4.78, 5) is 15.0. The van der Waals surface area contributed by atoms with Crippen molar-refractivity contribution < 1.29 is 19.0 Å². The fourth-order valence-electron chi connectivity index (χ4n) is 2.64. The molecule has 0 spiro atoms. The van der Waals surface area contributed by atoms with Crippen LogP contribution in [0.4, 0.5) is 5.69 Å². The summed E-state index contributed by atoms with van der Waals surface area (Å²) in [6.45, 7) is 2.46. The monoisotopic (exact) mass is 401 g/mol. The summed E-state index contributed by atoms with van der Waals surface area (Å²) < 4.78 is 16.6. The fraction of sp³-hybridized carbons (Fsp3) is 0.200. The molecule has 1 saturated heterocycles. The second-order valence-electron chi connectivity index (χ2n) is 5.56. The summed E-state index contributed by atoms with van der Waals surface area (Å²) in [6.07, 6.45) is 1.80. The van der Waals surface area contributed by atoms with E-state index in [1.807, 2.05) is 43.3 Å². The molecule has 0 aliphatic carbocycles. The van der Waals surface area contributed by atoms with Crippen LogP contribution in [0.2, 0.25) is 0 Å². The van der Waals surface area contributed by atoms with Gasteiger partial charge in [0.15, 0.2) is 15.8 Å². The highest BCUT2D eigenvalue weighted by molar-refractivity contribution is 8.27. The first-order valence-corrected chi connectivity index (χ1v) is 9.52. The van der Waals surface area contributed by atoms with Crippen LogP contribution >= 0.6 is 24.0 Å². The Balaban J connectivity index is 1.90. The van der Waals surface area contributed by atoms with E-state index in [0.29, 0.717) is 38.8 Å². The number of carbonyl (C=O) groups is 1. The zero-order chi connectivity index (χ0) is 19.4. The summed E-state index contributed by atoms with van der Waals surface area (Å²) in [5.74, 6) is 1.79. The molecule has 0 aromatic heterocycles. The molecule has 27 heavy (non-hydrogen) atoms. The Kier molecular flexibility index (Phi) is 6.03. The number of nitrogens with zero attached hydrogens (tertiary/aromatic N) is 1. The SMILES string of the molecule is CCOc1ccc(/C=C2/SC(=S)N(c3cccc(OC)c3)C2=O)cc1OC. The van der Waals surface area contributed by atoms with E-state index in [2.05, 4.69) is 0 Å². The van der Waals surface area contributed by atoms with E-state index in [1.165, 1.54) is 16.7 Å². The summed E-state index contributed by atoms with van der Waals surface area (Å²) in [5, 5.41) is 0. The molecule has 1 aliphatic rings. The van der Waals surface area contributed by atoms with Crippen molar-refractivity contribution in [3.05, 3.63) is 52.9 Å². The molecule has 2 aromatic rings. The molecule has 0 radical (unpaired) electrons. The number of hydrogen-bond donors (Lipinski definition) is 0. The van der Waals surface area contributed by atoms with Crippen LogP contribution in [0.25, 0.3) is 6.08 Å². The number of hydrogen-bond acceptors (Lipinski definition) is 6. The number of anilines is 1. The predicted molar refractivity (Wildman–Crippen MR) is 113 cm³/mol. The molecule has 1 aliphatic heterocycles. The number of methoxy groups -OCH3 is 2. The molecule has 1 fully saturated rings. The molecule has 140 valence electrons. The van der Waals surface area contributed by atoms with Gasteiger partial charge in [0.2, 0.25) is 0 Å². The minimum absolute atomic E-state index is 0.161. The van der Waals surface area contributed by atoms with Crippen LogP contribution < -0.4 is 19.1 Å². The number of thioether (sulfide) groups is 1. The lowest BCUT2D eigenvalue weighted by Gasteiger charge is -2.15. The Morgan fingerprint density at radius 1 is 1.11 bits per heavy atom. The molecule has 1 amide bonds. The zero-order valence-corrected chi connectivity index (χ0v) is 16.9. The molecule has 0 unspecified atom stereocenters. The Bertz CT molecular complexity index is 911. The first-order valence-electron chi connectivity index (χ1n) is 8.30. The molecule has 0 atom stereocenters. The maximum absolute atomic E-state index is 12.9. The predicted octanol–water partition coefficient (Wildman–Crippen LogP) is 4.51. The summed E-state index contributed by atoms with van der Waals surface area (Å²) in [5.41, 5.74) is 1.52. The van der Waals surface area contributed by atoms with Crippen LogP contribution in [0.3, 0.4) is 0 Å². The van der Waals surface area contributed by atoms with Crippen molar-refractivity contribution in [3.8, 4) is 17.2 Å². The van der Waals surface area contributed by atoms with Crippen molar-refractivity contribution in [2.45, 2.75) is 6.92 Å². The maximum Gasteiger partial charge on any atom is 0.270 e. The standard InChI is InChI=1S/C20H19NO4S2/c1-4-25-16-9-8-13(10-17(16)24-3)11-18-19(22)21(20(26)27-18)14-6-5-7-15(12-14)23-2/h5-12H,4H2,1-3H3/b18-11+. The molecular formula is C20H19NO4S2. The Labute approximate surface area is 167 Å². The molecule has 1 heterocycles. The number of thiocarbonyl (C=S) groups is 1. The van der Waals surface area contributed by atoms with Gasteiger partial charge in [-0.05, 0) is 42.8 Å². The minimum Gasteiger partial charge on any atom is -0.497 e. The van der Waals surface area contributed by atoms with Crippen LogP contribution in [0.15, 0.2) is 47.4 Å². The number of carbonyl (C=O) groups excluding carboxylic acids is 1. The van der Waals surface area contributed by atoms with E-state index in [4.69, 9.17) is 26.4 Å². The highest BCUT2D eigenvalue weighted by atomic mass is 32.2. The van der Waals surface area contributed by atoms with Crippen molar-refractivity contribution in [1.82, 2.24) is 0 Å². The number of benzene rings is 2. The lowest BCUT2D eigenvalue weighted by atomic mass is 10.2. The third kappa shape index (κ3) is 4.09. The van der Waals surface area contributed by atoms with Crippen molar-refractivity contribution in [2.75, 3.05) is 25.7 Å². The van der Waals surface area contributed by atoms with Gasteiger partial charge in [0, 0.05) is 6.07 Å². The van der Waals surface area contributed by atoms with E-state index in [1.54, 1.807) is 26.4 Å². The quantitative estimate of drug-likeness (QED) is 0.524. The summed E-state index contributed by atoms with van der Waals surface area (Å²) in [7, 11) is 3.17. The Morgan fingerprint density at radius 2 is 1.93 bits per heavy atom. The van der Waals surface area contributed by atoms with Crippen molar-refractivity contribution in [1.29, 1.82) is 0 Å². The van der Waals surface area contributed by atoms with Crippen LogP contribution in [0.1, 0.15) is 12.5 Å². The molecule has 0 bridgehead atoms. The Hall–Kier alpha value is -2.51. The molecule has 3 rings (SSSR count). The van der Waals surface area contributed by atoms with Crippen molar-refractivity contribution in [2.24, 2.45) is 0 Å². The van der Waals surface area contributed by atoms with Gasteiger partial charge in [-0.3, -0.25) is 9.69 Å². The van der Waals surface area contributed by atoms with Gasteiger partial charge >= 0.3 is 0 Å². The molecule has 7 heteroatoms. The number of amides is 1. The van der Waals surface area contributed by atoms with Crippen LogP contribution in [0.5, 0.6) is 17.2 Å². The van der Waals surface area contributed by atoms with Gasteiger partial charge in [0.05, 0.1) is 31.4 Å². The molecule has 0 saturated carbocycles. The number of rotatable bonds is 6. The topological polar surface area (TPSA) is 48.0 Å². The first kappa shape index (κ1) is 19.3. The molecule has 5 nitrogen and oxygen atoms in total. The van der Waals surface area contributed by atoms with Gasteiger partial charge in [-0.2, -0.15) is 0 Å². The molecular weight excluding hydrogens is 382 g/mol. The third-order valence-electron chi connectivity index (χ3n) is 3.89. The van der Waals surface area contributed by atoms with Gasteiger partial charge in [0.1, 0.15) is 5.75 Å². The average Bonchev–Trinajstić information content (AvgIpc) is 2.96. The van der Waals surface area contributed by atoms with Crippen LogP contribution in [-0.2, 0) is 4.79 Å². The van der Waals surface area contributed by atoms with E-state index < -0.39 is 0 Å². The lowest BCUT2D eigenvalue weighted by molar-refractivity contribution is -0.113. The highest BCUT2D eigenvalue weighted by Gasteiger charge is 2.33. The van der Waals surface area contributed by atoms with Gasteiger partial charge in [-0.1, -0.05) is 36.1 Å². The van der Waals surface area contributed by atoms with Gasteiger partial charge in [0.25, 0.3) is 5.91 Å². The second kappa shape index (κ2) is 8.45. The van der Waals surface area contributed by atoms with E-state index in [9.17, 15) is 4.79 Å². The van der Waals surface area contributed by atoms with Crippen molar-refractivity contribution in [3.63, 3.8) is 0 Å². The van der Waals surface area contributed by atoms with Gasteiger partial charge in [-0.25, -0.2) is 0 Å². The average molecular weight is 402 g/mol. The maximum atomic E-state index is 12.9. The van der Waals surface area contributed by atoms with Crippen molar-refractivity contribution >= 4 is 46.0 Å². The van der Waals surface area contributed by atoms with E-state index in [0.717, 1.165) is 5.56 Å².